The fraction of sp³-hybridized carbons (Fsp3) is 0.519. The second-order valence-electron chi connectivity index (χ2n) is 11.6. The van der Waals surface area contributed by atoms with Crippen molar-refractivity contribution < 1.29 is 39.9 Å². The van der Waals surface area contributed by atoms with Gasteiger partial charge in [0.2, 0.25) is 5.78 Å². The lowest BCUT2D eigenvalue weighted by atomic mass is 9.54. The van der Waals surface area contributed by atoms with Gasteiger partial charge in [-0.05, 0) is 37.1 Å². The predicted molar refractivity (Wildman–Crippen MR) is 130 cm³/mol. The Balaban J connectivity index is 2.02. The highest BCUT2D eigenvalue weighted by molar-refractivity contribution is 6.25. The van der Waals surface area contributed by atoms with Crippen molar-refractivity contribution >= 4 is 23.1 Å². The van der Waals surface area contributed by atoms with Gasteiger partial charge in [0.25, 0.3) is 0 Å². The molecule has 5 N–H and O–H groups in total. The fourth-order valence-corrected chi connectivity index (χ4v) is 6.18. The van der Waals surface area contributed by atoms with E-state index < -0.39 is 75.4 Å². The standard InChI is InChI=1S/C27H33NO8/c1-11-12-8-7-9-13(29)16(12)21(31)18-15(11)22(32)19-20(28(5)6)23(33)17(14(30)10-26(2,3)4)24(34)27(19,36)25(18)35/h7-9,11,15,19-20,22,29,31-32,34,36H,10H2,1-6H3/t11-,15+,19+,20-,22-,27+/m1/s1. The molecule has 1 fully saturated rings. The SMILES string of the molecule is C[C@@H]1c2cccc(O)c2C(O)=C2C(=O)[C@@]3(O)C(O)=C(C(=O)CC(C)(C)C)C(=O)[C@H](N(C)C)[C@H]3[C@H](O)[C@H]21. The number of benzene rings is 1. The third kappa shape index (κ3) is 3.44. The number of hydrogen-bond acceptors (Lipinski definition) is 9. The van der Waals surface area contributed by atoms with Gasteiger partial charge in [-0.1, -0.05) is 39.8 Å². The molecule has 1 aromatic rings. The van der Waals surface area contributed by atoms with Crippen LogP contribution in [0, 0.1) is 17.3 Å². The number of aromatic hydroxyl groups is 1. The molecule has 0 amide bonds. The van der Waals surface area contributed by atoms with E-state index in [0.29, 0.717) is 5.56 Å². The molecule has 36 heavy (non-hydrogen) atoms. The van der Waals surface area contributed by atoms with Crippen LogP contribution in [0.2, 0.25) is 0 Å². The first kappa shape index (κ1) is 26.1. The molecule has 0 heterocycles. The number of fused-ring (bicyclic) bond motifs is 3. The van der Waals surface area contributed by atoms with Crippen molar-refractivity contribution in [3.05, 3.63) is 46.2 Å². The summed E-state index contributed by atoms with van der Waals surface area (Å²) in [4.78, 5) is 42.2. The summed E-state index contributed by atoms with van der Waals surface area (Å²) in [5, 5.41) is 56.2. The number of carbonyl (C=O) groups is 3. The quantitative estimate of drug-likeness (QED) is 0.393. The van der Waals surface area contributed by atoms with Crippen LogP contribution in [0.25, 0.3) is 5.76 Å². The van der Waals surface area contributed by atoms with Gasteiger partial charge in [-0.15, -0.1) is 0 Å². The van der Waals surface area contributed by atoms with Crippen LogP contribution in [0.4, 0.5) is 0 Å². The molecule has 0 aromatic heterocycles. The fourth-order valence-electron chi connectivity index (χ4n) is 6.18. The Hall–Kier alpha value is -3.01. The second-order valence-corrected chi connectivity index (χ2v) is 11.6. The highest BCUT2D eigenvalue weighted by atomic mass is 16.4. The lowest BCUT2D eigenvalue weighted by molar-refractivity contribution is -0.169. The first-order valence-corrected chi connectivity index (χ1v) is 11.9. The van der Waals surface area contributed by atoms with Crippen LogP contribution < -0.4 is 0 Å². The number of phenolic OH excluding ortho intramolecular Hbond substituents is 1. The zero-order chi connectivity index (χ0) is 27.1. The Morgan fingerprint density at radius 2 is 1.72 bits per heavy atom. The number of Topliss-reactive ketones (excluding diaryl/α,β-unsaturated/α-hetero) is 3. The van der Waals surface area contributed by atoms with Crippen LogP contribution in [0.1, 0.15) is 51.2 Å². The number of aliphatic hydroxyl groups excluding tert-OH is 3. The van der Waals surface area contributed by atoms with E-state index in [2.05, 4.69) is 0 Å². The summed E-state index contributed by atoms with van der Waals surface area (Å²) in [5.41, 5.74) is -3.94. The van der Waals surface area contributed by atoms with Crippen molar-refractivity contribution in [2.45, 2.75) is 57.8 Å². The molecule has 0 saturated heterocycles. The molecule has 0 radical (unpaired) electrons. The molecule has 3 aliphatic rings. The first-order valence-electron chi connectivity index (χ1n) is 11.9. The van der Waals surface area contributed by atoms with E-state index >= 15 is 0 Å². The number of rotatable bonds is 3. The van der Waals surface area contributed by atoms with E-state index in [4.69, 9.17) is 0 Å². The number of ketones is 3. The maximum absolute atomic E-state index is 14.0. The van der Waals surface area contributed by atoms with Gasteiger partial charge in [0.1, 0.15) is 22.8 Å². The average Bonchev–Trinajstić information content (AvgIpc) is 2.75. The van der Waals surface area contributed by atoms with E-state index in [9.17, 15) is 39.9 Å². The Kier molecular flexibility index (Phi) is 5.98. The average molecular weight is 500 g/mol. The summed E-state index contributed by atoms with van der Waals surface area (Å²) in [6, 6.07) is 3.27. The summed E-state index contributed by atoms with van der Waals surface area (Å²) in [7, 11) is 3.05. The van der Waals surface area contributed by atoms with E-state index in [1.807, 2.05) is 0 Å². The van der Waals surface area contributed by atoms with Gasteiger partial charge in [0, 0.05) is 17.9 Å². The number of aliphatic hydroxyl groups is 4. The zero-order valence-electron chi connectivity index (χ0n) is 21.2. The third-order valence-electron chi connectivity index (χ3n) is 7.72. The van der Waals surface area contributed by atoms with E-state index in [0.717, 1.165) is 0 Å². The molecule has 0 bridgehead atoms. The van der Waals surface area contributed by atoms with Gasteiger partial charge in [0.05, 0.1) is 23.6 Å². The maximum Gasteiger partial charge on any atom is 0.202 e. The number of likely N-dealkylation sites (N-methyl/N-ethyl adjacent to an activating group) is 1. The van der Waals surface area contributed by atoms with Gasteiger partial charge in [-0.2, -0.15) is 0 Å². The monoisotopic (exact) mass is 499 g/mol. The van der Waals surface area contributed by atoms with Crippen molar-refractivity contribution in [3.63, 3.8) is 0 Å². The van der Waals surface area contributed by atoms with Crippen LogP contribution in [0.15, 0.2) is 35.1 Å². The van der Waals surface area contributed by atoms with Crippen molar-refractivity contribution in [2.75, 3.05) is 14.1 Å². The molecular formula is C27H33NO8. The minimum Gasteiger partial charge on any atom is -0.508 e. The topological polar surface area (TPSA) is 156 Å². The van der Waals surface area contributed by atoms with Crippen molar-refractivity contribution in [2.24, 2.45) is 17.3 Å². The number of nitrogens with zero attached hydrogens (tertiary/aromatic N) is 1. The van der Waals surface area contributed by atoms with Crippen LogP contribution >= 0.6 is 0 Å². The number of carbonyl (C=O) groups excluding carboxylic acids is 3. The molecule has 1 aromatic carbocycles. The summed E-state index contributed by atoms with van der Waals surface area (Å²) >= 11 is 0. The summed E-state index contributed by atoms with van der Waals surface area (Å²) in [5.74, 6) is -7.77. The van der Waals surface area contributed by atoms with Crippen LogP contribution in [0.5, 0.6) is 5.75 Å². The predicted octanol–water partition coefficient (Wildman–Crippen LogP) is 2.02. The Morgan fingerprint density at radius 1 is 1.11 bits per heavy atom. The highest BCUT2D eigenvalue weighted by Gasteiger charge is 2.68. The van der Waals surface area contributed by atoms with Gasteiger partial charge >= 0.3 is 0 Å². The largest absolute Gasteiger partial charge is 0.508 e. The minimum atomic E-state index is -2.84. The maximum atomic E-state index is 14.0. The van der Waals surface area contributed by atoms with Gasteiger partial charge in [-0.25, -0.2) is 0 Å². The molecule has 3 aliphatic carbocycles. The van der Waals surface area contributed by atoms with Crippen LogP contribution in [-0.4, -0.2) is 79.6 Å². The molecule has 194 valence electrons. The molecule has 0 aliphatic heterocycles. The molecule has 9 nitrogen and oxygen atoms in total. The van der Waals surface area contributed by atoms with Gasteiger partial charge in [0.15, 0.2) is 17.2 Å². The lowest BCUT2D eigenvalue weighted by Crippen LogP contribution is -2.70. The normalized spacial score (nSPS) is 32.4. The Labute approximate surface area is 209 Å². The van der Waals surface area contributed by atoms with Crippen molar-refractivity contribution in [1.82, 2.24) is 4.90 Å². The Morgan fingerprint density at radius 3 is 2.28 bits per heavy atom. The summed E-state index contributed by atoms with van der Waals surface area (Å²) < 4.78 is 0. The molecule has 0 spiro atoms. The van der Waals surface area contributed by atoms with Gasteiger partial charge < -0.3 is 25.5 Å². The van der Waals surface area contributed by atoms with E-state index in [-0.39, 0.29) is 23.3 Å². The highest BCUT2D eigenvalue weighted by Crippen LogP contribution is 2.56. The minimum absolute atomic E-state index is 0.00222. The third-order valence-corrected chi connectivity index (χ3v) is 7.72. The van der Waals surface area contributed by atoms with Crippen molar-refractivity contribution in [1.29, 1.82) is 0 Å². The number of phenols is 1. The Bertz CT molecular complexity index is 1240. The van der Waals surface area contributed by atoms with Crippen LogP contribution in [-0.2, 0) is 14.4 Å². The summed E-state index contributed by atoms with van der Waals surface area (Å²) in [6.07, 6.45) is -1.70. The number of hydrogen-bond donors (Lipinski definition) is 5. The van der Waals surface area contributed by atoms with Gasteiger partial charge in [-0.3, -0.25) is 19.3 Å². The molecular weight excluding hydrogens is 466 g/mol. The first-order chi connectivity index (χ1) is 16.6. The zero-order valence-corrected chi connectivity index (χ0v) is 21.2. The van der Waals surface area contributed by atoms with Crippen LogP contribution in [0.3, 0.4) is 0 Å². The summed E-state index contributed by atoms with van der Waals surface area (Å²) in [6.45, 7) is 7.02. The molecule has 1 saturated carbocycles. The van der Waals surface area contributed by atoms with E-state index in [1.54, 1.807) is 39.8 Å². The lowest BCUT2D eigenvalue weighted by Gasteiger charge is -2.53. The molecule has 9 heteroatoms. The molecule has 0 unspecified atom stereocenters. The smallest absolute Gasteiger partial charge is 0.202 e. The van der Waals surface area contributed by atoms with Crippen molar-refractivity contribution in [3.8, 4) is 5.75 Å². The molecule has 6 atom stereocenters. The van der Waals surface area contributed by atoms with E-state index in [1.165, 1.54) is 25.1 Å². The second kappa shape index (κ2) is 8.26. The molecule has 4 rings (SSSR count).